The second kappa shape index (κ2) is 9.10. The number of hydrogen-bond donors (Lipinski definition) is 1. The summed E-state index contributed by atoms with van der Waals surface area (Å²) in [4.78, 5) is 31.3. The van der Waals surface area contributed by atoms with Crippen LogP contribution in [0.2, 0.25) is 0 Å². The molecule has 0 bridgehead atoms. The van der Waals surface area contributed by atoms with Crippen molar-refractivity contribution in [3.63, 3.8) is 0 Å². The molecule has 4 rings (SSSR count). The Morgan fingerprint density at radius 1 is 1.20 bits per heavy atom. The van der Waals surface area contributed by atoms with Crippen LogP contribution in [0, 0.1) is 6.92 Å². The molecule has 0 radical (unpaired) electrons. The molecule has 1 N–H and O–H groups in total. The van der Waals surface area contributed by atoms with Crippen LogP contribution in [-0.2, 0) is 17.8 Å². The minimum atomic E-state index is -0.113. The van der Waals surface area contributed by atoms with Crippen molar-refractivity contribution in [1.29, 1.82) is 0 Å². The number of benzene rings is 2. The van der Waals surface area contributed by atoms with Crippen LogP contribution in [0.25, 0.3) is 0 Å². The molecule has 0 aliphatic carbocycles. The molecule has 1 aliphatic rings. The number of nitrogens with one attached hydrogen (secondary N) is 1. The van der Waals surface area contributed by atoms with E-state index in [-0.39, 0.29) is 17.2 Å². The van der Waals surface area contributed by atoms with Gasteiger partial charge in [-0.2, -0.15) is 0 Å². The maximum atomic E-state index is 13.2. The Morgan fingerprint density at radius 3 is 2.70 bits per heavy atom. The molecule has 0 saturated carbocycles. The van der Waals surface area contributed by atoms with Gasteiger partial charge >= 0.3 is 0 Å². The summed E-state index contributed by atoms with van der Waals surface area (Å²) in [6.45, 7) is 4.51. The summed E-state index contributed by atoms with van der Waals surface area (Å²) < 4.78 is 1.70. The summed E-state index contributed by atoms with van der Waals surface area (Å²) >= 11 is 2.91. The molecule has 1 aliphatic heterocycles. The number of rotatable bonds is 6. The normalized spacial score (nSPS) is 15.1. The van der Waals surface area contributed by atoms with Crippen molar-refractivity contribution in [3.05, 3.63) is 81.8 Å². The smallest absolute Gasteiger partial charge is 0.268 e. The van der Waals surface area contributed by atoms with Gasteiger partial charge in [0.15, 0.2) is 5.16 Å². The fourth-order valence-electron chi connectivity index (χ4n) is 3.38. The van der Waals surface area contributed by atoms with Crippen LogP contribution >= 0.6 is 23.5 Å². The number of fused-ring (bicyclic) bond motifs is 1. The number of carbonyl (C=O) groups is 1. The summed E-state index contributed by atoms with van der Waals surface area (Å²) in [5, 5.41) is 3.88. The minimum Gasteiger partial charge on any atom is -0.325 e. The van der Waals surface area contributed by atoms with E-state index < -0.39 is 0 Å². The van der Waals surface area contributed by atoms with E-state index in [1.54, 1.807) is 16.3 Å². The first kappa shape index (κ1) is 20.8. The minimum absolute atomic E-state index is 0.0139. The lowest BCUT2D eigenvalue weighted by Crippen LogP contribution is -2.26. The fourth-order valence-corrected chi connectivity index (χ4v) is 5.31. The highest BCUT2D eigenvalue weighted by molar-refractivity contribution is 8.00. The molecule has 3 aromatic rings. The SMILES string of the molecule is Cc1ccccc1NC(=O)CSc1nc2c(c(=O)n1Cc1ccccc1)SC(C)C2. The van der Waals surface area contributed by atoms with Crippen LogP contribution < -0.4 is 10.9 Å². The van der Waals surface area contributed by atoms with Crippen LogP contribution in [0.4, 0.5) is 5.69 Å². The van der Waals surface area contributed by atoms with Crippen molar-refractivity contribution in [1.82, 2.24) is 9.55 Å². The molecule has 0 saturated heterocycles. The van der Waals surface area contributed by atoms with Gasteiger partial charge in [0.2, 0.25) is 5.91 Å². The quantitative estimate of drug-likeness (QED) is 0.458. The van der Waals surface area contributed by atoms with Crippen molar-refractivity contribution < 1.29 is 4.79 Å². The summed E-state index contributed by atoms with van der Waals surface area (Å²) in [6.07, 6.45) is 0.782. The molecular weight excluding hydrogens is 414 g/mol. The highest BCUT2D eigenvalue weighted by Gasteiger charge is 2.26. The first-order chi connectivity index (χ1) is 14.5. The van der Waals surface area contributed by atoms with Gasteiger partial charge in [-0.25, -0.2) is 4.98 Å². The number of thioether (sulfide) groups is 2. The van der Waals surface area contributed by atoms with Crippen molar-refractivity contribution in [3.8, 4) is 0 Å². The second-order valence-electron chi connectivity index (χ2n) is 7.33. The Balaban J connectivity index is 1.58. The average molecular weight is 438 g/mol. The van der Waals surface area contributed by atoms with Crippen LogP contribution in [-0.4, -0.2) is 26.5 Å². The number of carbonyl (C=O) groups excluding carboxylic acids is 1. The van der Waals surface area contributed by atoms with Gasteiger partial charge in [0.05, 0.1) is 22.9 Å². The molecule has 7 heteroatoms. The van der Waals surface area contributed by atoms with Crippen molar-refractivity contribution in [2.45, 2.75) is 42.1 Å². The Kier molecular flexibility index (Phi) is 6.29. The lowest BCUT2D eigenvalue weighted by Gasteiger charge is -2.14. The largest absolute Gasteiger partial charge is 0.325 e. The van der Waals surface area contributed by atoms with Gasteiger partial charge in [-0.05, 0) is 24.1 Å². The monoisotopic (exact) mass is 437 g/mol. The maximum Gasteiger partial charge on any atom is 0.268 e. The van der Waals surface area contributed by atoms with E-state index in [4.69, 9.17) is 4.98 Å². The molecule has 1 unspecified atom stereocenters. The zero-order chi connectivity index (χ0) is 21.1. The molecule has 1 aromatic heterocycles. The fraction of sp³-hybridized carbons (Fsp3) is 0.261. The molecule has 1 amide bonds. The number of anilines is 1. The number of para-hydroxylation sites is 1. The molecule has 2 aromatic carbocycles. The highest BCUT2D eigenvalue weighted by atomic mass is 32.2. The zero-order valence-corrected chi connectivity index (χ0v) is 18.6. The average Bonchev–Trinajstić information content (AvgIpc) is 3.12. The van der Waals surface area contributed by atoms with Gasteiger partial charge in [0, 0.05) is 17.4 Å². The van der Waals surface area contributed by atoms with Gasteiger partial charge in [-0.1, -0.05) is 67.2 Å². The Labute approximate surface area is 184 Å². The summed E-state index contributed by atoms with van der Waals surface area (Å²) in [6, 6.07) is 17.5. The molecule has 1 atom stereocenters. The predicted octanol–water partition coefficient (Wildman–Crippen LogP) is 4.37. The number of aryl methyl sites for hydroxylation is 1. The standard InChI is InChI=1S/C23H23N3O2S2/c1-15-8-6-7-11-18(15)24-20(27)14-29-23-25-19-12-16(2)30-21(19)22(28)26(23)13-17-9-4-3-5-10-17/h3-11,16H,12-14H2,1-2H3,(H,24,27). The number of nitrogens with zero attached hydrogens (tertiary/aromatic N) is 2. The van der Waals surface area contributed by atoms with Gasteiger partial charge in [0.25, 0.3) is 5.56 Å². The first-order valence-electron chi connectivity index (χ1n) is 9.84. The lowest BCUT2D eigenvalue weighted by molar-refractivity contribution is -0.113. The molecule has 0 spiro atoms. The van der Waals surface area contributed by atoms with E-state index in [0.29, 0.717) is 17.0 Å². The number of hydrogen-bond acceptors (Lipinski definition) is 5. The maximum absolute atomic E-state index is 13.2. The summed E-state index contributed by atoms with van der Waals surface area (Å²) in [5.41, 5.74) is 3.68. The van der Waals surface area contributed by atoms with E-state index in [0.717, 1.165) is 33.8 Å². The Bertz CT molecular complexity index is 1130. The van der Waals surface area contributed by atoms with Gasteiger partial charge < -0.3 is 5.32 Å². The Morgan fingerprint density at radius 2 is 1.93 bits per heavy atom. The predicted molar refractivity (Wildman–Crippen MR) is 124 cm³/mol. The third-order valence-electron chi connectivity index (χ3n) is 4.90. The van der Waals surface area contributed by atoms with Gasteiger partial charge in [-0.3, -0.25) is 14.2 Å². The van der Waals surface area contributed by atoms with Gasteiger partial charge in [0.1, 0.15) is 0 Å². The second-order valence-corrected chi connectivity index (χ2v) is 9.72. The van der Waals surface area contributed by atoms with Crippen LogP contribution in [0.1, 0.15) is 23.7 Å². The van der Waals surface area contributed by atoms with Gasteiger partial charge in [-0.15, -0.1) is 11.8 Å². The third kappa shape index (κ3) is 4.63. The topological polar surface area (TPSA) is 64.0 Å². The van der Waals surface area contributed by atoms with E-state index in [1.165, 1.54) is 11.8 Å². The molecule has 0 fully saturated rings. The van der Waals surface area contributed by atoms with E-state index in [2.05, 4.69) is 12.2 Å². The van der Waals surface area contributed by atoms with Crippen molar-refractivity contribution in [2.75, 3.05) is 11.1 Å². The summed E-state index contributed by atoms with van der Waals surface area (Å²) in [5.74, 6) is 0.0786. The van der Waals surface area contributed by atoms with Crippen LogP contribution in [0.3, 0.4) is 0 Å². The van der Waals surface area contributed by atoms with Crippen molar-refractivity contribution in [2.24, 2.45) is 0 Å². The van der Waals surface area contributed by atoms with Crippen LogP contribution in [0.15, 0.2) is 69.4 Å². The molecule has 154 valence electrons. The summed E-state index contributed by atoms with van der Waals surface area (Å²) in [7, 11) is 0. The Hall–Kier alpha value is -2.51. The molecule has 30 heavy (non-hydrogen) atoms. The lowest BCUT2D eigenvalue weighted by atomic mass is 10.2. The van der Waals surface area contributed by atoms with E-state index in [9.17, 15) is 9.59 Å². The highest BCUT2D eigenvalue weighted by Crippen LogP contribution is 2.34. The molecular formula is C23H23N3O2S2. The molecule has 5 nitrogen and oxygen atoms in total. The molecule has 2 heterocycles. The first-order valence-corrected chi connectivity index (χ1v) is 11.7. The third-order valence-corrected chi connectivity index (χ3v) is 7.09. The van der Waals surface area contributed by atoms with Crippen molar-refractivity contribution >= 4 is 35.1 Å². The van der Waals surface area contributed by atoms with E-state index >= 15 is 0 Å². The number of amides is 1. The van der Waals surface area contributed by atoms with E-state index in [1.807, 2.05) is 61.5 Å². The zero-order valence-electron chi connectivity index (χ0n) is 16.9. The number of aromatic nitrogens is 2. The van der Waals surface area contributed by atoms with Crippen LogP contribution in [0.5, 0.6) is 0 Å².